The maximum atomic E-state index is 2.23. The Labute approximate surface area is 79.6 Å². The van der Waals surface area contributed by atoms with E-state index in [9.17, 15) is 0 Å². The predicted octanol–water partition coefficient (Wildman–Crippen LogP) is 3.29. The molecule has 0 aliphatic heterocycles. The van der Waals surface area contributed by atoms with Crippen molar-refractivity contribution in [2.45, 2.75) is 19.8 Å². The molecule has 0 aromatic heterocycles. The van der Waals surface area contributed by atoms with E-state index in [2.05, 4.69) is 49.4 Å². The van der Waals surface area contributed by atoms with E-state index >= 15 is 0 Å². The summed E-state index contributed by atoms with van der Waals surface area (Å²) in [5.41, 5.74) is 4.26. The molecule has 66 valence electrons. The van der Waals surface area contributed by atoms with Gasteiger partial charge in [0.2, 0.25) is 0 Å². The summed E-state index contributed by atoms with van der Waals surface area (Å²) in [6.45, 7) is 2.19. The third kappa shape index (κ3) is 1.89. The third-order valence-electron chi connectivity index (χ3n) is 2.46. The number of allylic oxidation sites excluding steroid dienone is 4. The molecule has 0 saturated carbocycles. The topological polar surface area (TPSA) is 0 Å². The summed E-state index contributed by atoms with van der Waals surface area (Å²) in [7, 11) is 0. The Bertz CT molecular complexity index is 339. The van der Waals surface area contributed by atoms with Gasteiger partial charge in [-0.1, -0.05) is 49.4 Å². The fourth-order valence-corrected chi connectivity index (χ4v) is 1.48. The van der Waals surface area contributed by atoms with Crippen LogP contribution in [0.4, 0.5) is 0 Å². The van der Waals surface area contributed by atoms with E-state index in [4.69, 9.17) is 0 Å². The lowest BCUT2D eigenvalue weighted by Gasteiger charge is -2.07. The van der Waals surface area contributed by atoms with Crippen LogP contribution in [0.15, 0.2) is 48.1 Å². The summed E-state index contributed by atoms with van der Waals surface area (Å²) >= 11 is 0. The fraction of sp³-hybridized carbons (Fsp3) is 0.231. The highest BCUT2D eigenvalue weighted by Crippen LogP contribution is 2.15. The minimum absolute atomic E-state index is 1.08. The average Bonchev–Trinajstić information content (AvgIpc) is 2.12. The van der Waals surface area contributed by atoms with Crippen molar-refractivity contribution in [3.05, 3.63) is 59.2 Å². The molecule has 1 aromatic carbocycles. The second-order valence-electron chi connectivity index (χ2n) is 3.45. The predicted molar refractivity (Wildman–Crippen MR) is 56.7 cm³/mol. The maximum Gasteiger partial charge on any atom is -0.00258 e. The van der Waals surface area contributed by atoms with Gasteiger partial charge >= 0.3 is 0 Å². The van der Waals surface area contributed by atoms with E-state index in [1.54, 1.807) is 0 Å². The summed E-state index contributed by atoms with van der Waals surface area (Å²) in [6, 6.07) is 8.90. The summed E-state index contributed by atoms with van der Waals surface area (Å²) in [5.74, 6) is 0. The van der Waals surface area contributed by atoms with Crippen LogP contribution in [-0.4, -0.2) is 0 Å². The summed E-state index contributed by atoms with van der Waals surface area (Å²) in [6.07, 6.45) is 8.65. The van der Waals surface area contributed by atoms with Crippen LogP contribution < -0.4 is 0 Å². The highest BCUT2D eigenvalue weighted by molar-refractivity contribution is 5.39. The van der Waals surface area contributed by atoms with Gasteiger partial charge in [0.25, 0.3) is 0 Å². The van der Waals surface area contributed by atoms with Gasteiger partial charge in [-0.05, 0) is 29.5 Å². The van der Waals surface area contributed by atoms with Crippen molar-refractivity contribution in [1.82, 2.24) is 0 Å². The van der Waals surface area contributed by atoms with E-state index < -0.39 is 0 Å². The lowest BCUT2D eigenvalue weighted by Crippen LogP contribution is -1.92. The van der Waals surface area contributed by atoms with Gasteiger partial charge in [0.15, 0.2) is 0 Å². The Morgan fingerprint density at radius 2 is 1.62 bits per heavy atom. The Hall–Kier alpha value is -1.30. The molecule has 0 spiro atoms. The first-order valence-corrected chi connectivity index (χ1v) is 4.83. The second kappa shape index (κ2) is 3.61. The molecule has 0 heteroatoms. The van der Waals surface area contributed by atoms with Crippen LogP contribution in [0.5, 0.6) is 0 Å². The maximum absolute atomic E-state index is 2.23. The first kappa shape index (κ1) is 8.31. The van der Waals surface area contributed by atoms with Gasteiger partial charge in [-0.3, -0.25) is 0 Å². The largest absolute Gasteiger partial charge is 0.0617 e. The molecule has 0 amide bonds. The molecule has 0 atom stereocenters. The number of benzene rings is 1. The molecule has 0 saturated heterocycles. The van der Waals surface area contributed by atoms with E-state index in [-0.39, 0.29) is 0 Å². The van der Waals surface area contributed by atoms with Crippen molar-refractivity contribution in [3.8, 4) is 0 Å². The zero-order chi connectivity index (χ0) is 9.10. The standard InChI is InChI=1S/C13H14/c1-2-11-6-8-13(9-7-11)10-12-4-3-5-12/h3-9H,2,10H2,1H3. The minimum atomic E-state index is 1.08. The minimum Gasteiger partial charge on any atom is -0.0617 e. The summed E-state index contributed by atoms with van der Waals surface area (Å²) in [5, 5.41) is 0. The summed E-state index contributed by atoms with van der Waals surface area (Å²) < 4.78 is 0. The smallest absolute Gasteiger partial charge is 0.00258 e. The first-order chi connectivity index (χ1) is 6.38. The molecular weight excluding hydrogens is 156 g/mol. The van der Waals surface area contributed by atoms with Crippen molar-refractivity contribution in [2.75, 3.05) is 0 Å². The molecule has 0 nitrogen and oxygen atoms in total. The van der Waals surface area contributed by atoms with Crippen molar-refractivity contribution in [1.29, 1.82) is 0 Å². The first-order valence-electron chi connectivity index (χ1n) is 4.83. The zero-order valence-electron chi connectivity index (χ0n) is 7.96. The monoisotopic (exact) mass is 170 g/mol. The number of hydrogen-bond donors (Lipinski definition) is 0. The molecule has 0 unspecified atom stereocenters. The SMILES string of the molecule is CCc1ccc(CC2=CC=C2)cc1. The van der Waals surface area contributed by atoms with Gasteiger partial charge in [0.1, 0.15) is 0 Å². The van der Waals surface area contributed by atoms with Gasteiger partial charge in [0, 0.05) is 0 Å². The molecule has 0 fully saturated rings. The fourth-order valence-electron chi connectivity index (χ4n) is 1.48. The van der Waals surface area contributed by atoms with Crippen LogP contribution in [0.1, 0.15) is 18.1 Å². The zero-order valence-corrected chi connectivity index (χ0v) is 7.96. The molecule has 0 N–H and O–H groups in total. The van der Waals surface area contributed by atoms with E-state index in [0.29, 0.717) is 0 Å². The lowest BCUT2D eigenvalue weighted by molar-refractivity contribution is 1.12. The van der Waals surface area contributed by atoms with Gasteiger partial charge in [-0.25, -0.2) is 0 Å². The third-order valence-corrected chi connectivity index (χ3v) is 2.46. The molecule has 2 rings (SSSR count). The van der Waals surface area contributed by atoms with Gasteiger partial charge < -0.3 is 0 Å². The summed E-state index contributed by atoms with van der Waals surface area (Å²) in [4.78, 5) is 0. The van der Waals surface area contributed by atoms with Crippen LogP contribution in [0.25, 0.3) is 0 Å². The van der Waals surface area contributed by atoms with Crippen LogP contribution in [0, 0.1) is 0 Å². The van der Waals surface area contributed by atoms with E-state index in [1.807, 2.05) is 0 Å². The quantitative estimate of drug-likeness (QED) is 0.653. The van der Waals surface area contributed by atoms with Crippen LogP contribution >= 0.6 is 0 Å². The van der Waals surface area contributed by atoms with Crippen molar-refractivity contribution in [2.24, 2.45) is 0 Å². The lowest BCUT2D eigenvalue weighted by atomic mass is 9.98. The molecule has 0 heterocycles. The molecule has 0 bridgehead atoms. The van der Waals surface area contributed by atoms with E-state index in [0.717, 1.165) is 12.8 Å². The van der Waals surface area contributed by atoms with Crippen molar-refractivity contribution >= 4 is 0 Å². The highest BCUT2D eigenvalue weighted by Gasteiger charge is 1.99. The van der Waals surface area contributed by atoms with Crippen LogP contribution in [0.2, 0.25) is 0 Å². The van der Waals surface area contributed by atoms with Crippen LogP contribution in [0.3, 0.4) is 0 Å². The Morgan fingerprint density at radius 3 is 2.08 bits per heavy atom. The molecular formula is C13H14. The number of aryl methyl sites for hydroxylation is 1. The molecule has 13 heavy (non-hydrogen) atoms. The van der Waals surface area contributed by atoms with Crippen molar-refractivity contribution in [3.63, 3.8) is 0 Å². The highest BCUT2D eigenvalue weighted by atomic mass is 14.0. The van der Waals surface area contributed by atoms with Gasteiger partial charge in [-0.15, -0.1) is 0 Å². The van der Waals surface area contributed by atoms with Crippen molar-refractivity contribution < 1.29 is 0 Å². The Morgan fingerprint density at radius 1 is 1.00 bits per heavy atom. The second-order valence-corrected chi connectivity index (χ2v) is 3.45. The van der Waals surface area contributed by atoms with E-state index in [1.165, 1.54) is 16.7 Å². The van der Waals surface area contributed by atoms with Gasteiger partial charge in [0.05, 0.1) is 0 Å². The molecule has 1 aromatic rings. The molecule has 1 aliphatic carbocycles. The Balaban J connectivity index is 2.05. The Kier molecular flexibility index (Phi) is 2.31. The number of hydrogen-bond acceptors (Lipinski definition) is 0. The van der Waals surface area contributed by atoms with Gasteiger partial charge in [-0.2, -0.15) is 0 Å². The number of rotatable bonds is 3. The van der Waals surface area contributed by atoms with Crippen LogP contribution in [-0.2, 0) is 12.8 Å². The molecule has 0 radical (unpaired) electrons. The average molecular weight is 170 g/mol. The molecule has 1 aliphatic rings. The normalized spacial score (nSPS) is 13.8.